The van der Waals surface area contributed by atoms with Gasteiger partial charge in [-0.2, -0.15) is 0 Å². The molecule has 1 atom stereocenters. The van der Waals surface area contributed by atoms with E-state index in [0.29, 0.717) is 0 Å². The molecule has 2 aromatic carbocycles. The van der Waals surface area contributed by atoms with E-state index < -0.39 is 0 Å². The third kappa shape index (κ3) is 2.67. The molecule has 2 heteroatoms. The summed E-state index contributed by atoms with van der Waals surface area (Å²) in [6.07, 6.45) is 0. The van der Waals surface area contributed by atoms with Crippen LogP contribution in [-0.2, 0) is 0 Å². The van der Waals surface area contributed by atoms with Crippen molar-refractivity contribution in [3.63, 3.8) is 0 Å². The van der Waals surface area contributed by atoms with E-state index in [4.69, 9.17) is 4.98 Å². The van der Waals surface area contributed by atoms with Crippen LogP contribution in [0.3, 0.4) is 0 Å². The first-order valence-corrected chi connectivity index (χ1v) is 7.29. The van der Waals surface area contributed by atoms with Crippen LogP contribution in [0, 0.1) is 13.8 Å². The molecule has 0 radical (unpaired) electrons. The van der Waals surface area contributed by atoms with Crippen molar-refractivity contribution in [2.24, 2.45) is 0 Å². The number of hydrogen-bond donors (Lipinski definition) is 1. The van der Waals surface area contributed by atoms with E-state index in [0.717, 1.165) is 11.2 Å². The fourth-order valence-corrected chi connectivity index (χ4v) is 2.77. The van der Waals surface area contributed by atoms with Crippen LogP contribution in [-0.4, -0.2) is 12.0 Å². The second kappa shape index (κ2) is 5.66. The van der Waals surface area contributed by atoms with Gasteiger partial charge in [-0.3, -0.25) is 4.98 Å². The Hall–Kier alpha value is -2.19. The van der Waals surface area contributed by atoms with Gasteiger partial charge in [-0.05, 0) is 44.2 Å². The largest absolute Gasteiger partial charge is 0.308 e. The summed E-state index contributed by atoms with van der Waals surface area (Å²) in [5.41, 5.74) is 5.90. The van der Waals surface area contributed by atoms with Crippen molar-refractivity contribution in [3.05, 3.63) is 77.0 Å². The van der Waals surface area contributed by atoms with E-state index in [-0.39, 0.29) is 6.04 Å². The van der Waals surface area contributed by atoms with Gasteiger partial charge < -0.3 is 5.32 Å². The second-order valence-corrected chi connectivity index (χ2v) is 5.51. The molecule has 1 heterocycles. The normalized spacial score (nSPS) is 12.5. The Morgan fingerprint density at radius 1 is 0.952 bits per heavy atom. The highest BCUT2D eigenvalue weighted by Crippen LogP contribution is 2.25. The first kappa shape index (κ1) is 13.8. The molecular formula is C19H20N2. The van der Waals surface area contributed by atoms with Crippen LogP contribution in [0.15, 0.2) is 54.6 Å². The third-order valence-corrected chi connectivity index (χ3v) is 3.94. The summed E-state index contributed by atoms with van der Waals surface area (Å²) in [7, 11) is 1.98. The Kier molecular flexibility index (Phi) is 3.72. The number of aryl methyl sites for hydroxylation is 2. The highest BCUT2D eigenvalue weighted by Gasteiger charge is 2.14. The fraction of sp³-hybridized carbons (Fsp3) is 0.211. The molecule has 0 bridgehead atoms. The van der Waals surface area contributed by atoms with Crippen molar-refractivity contribution < 1.29 is 0 Å². The van der Waals surface area contributed by atoms with E-state index >= 15 is 0 Å². The zero-order valence-corrected chi connectivity index (χ0v) is 12.7. The molecule has 0 fully saturated rings. The molecule has 0 spiro atoms. The van der Waals surface area contributed by atoms with Gasteiger partial charge >= 0.3 is 0 Å². The maximum absolute atomic E-state index is 4.84. The summed E-state index contributed by atoms with van der Waals surface area (Å²) in [6.45, 7) is 4.26. The number of aromatic nitrogens is 1. The predicted octanol–water partition coefficient (Wildman–Crippen LogP) is 4.16. The van der Waals surface area contributed by atoms with Crippen LogP contribution < -0.4 is 5.32 Å². The average Bonchev–Trinajstić information content (AvgIpc) is 2.50. The van der Waals surface area contributed by atoms with Crippen molar-refractivity contribution in [2.75, 3.05) is 7.05 Å². The van der Waals surface area contributed by atoms with Crippen molar-refractivity contribution in [1.82, 2.24) is 10.3 Å². The number of fused-ring (bicyclic) bond motifs is 1. The van der Waals surface area contributed by atoms with Crippen LogP contribution in [0.2, 0.25) is 0 Å². The molecular weight excluding hydrogens is 256 g/mol. The maximum Gasteiger partial charge on any atom is 0.0749 e. The van der Waals surface area contributed by atoms with E-state index in [9.17, 15) is 0 Å². The van der Waals surface area contributed by atoms with Gasteiger partial charge in [0.2, 0.25) is 0 Å². The highest BCUT2D eigenvalue weighted by atomic mass is 14.9. The fourth-order valence-electron chi connectivity index (χ4n) is 2.77. The van der Waals surface area contributed by atoms with Crippen LogP contribution in [0.25, 0.3) is 10.9 Å². The number of rotatable bonds is 3. The summed E-state index contributed by atoms with van der Waals surface area (Å²) >= 11 is 0. The number of pyridine rings is 1. The molecule has 0 saturated carbocycles. The predicted molar refractivity (Wildman–Crippen MR) is 88.6 cm³/mol. The lowest BCUT2D eigenvalue weighted by Gasteiger charge is -2.18. The average molecular weight is 276 g/mol. The van der Waals surface area contributed by atoms with Gasteiger partial charge in [0.15, 0.2) is 0 Å². The maximum atomic E-state index is 4.84. The highest BCUT2D eigenvalue weighted by molar-refractivity contribution is 5.82. The van der Waals surface area contributed by atoms with Gasteiger partial charge in [-0.1, -0.05) is 48.0 Å². The van der Waals surface area contributed by atoms with Gasteiger partial charge in [-0.15, -0.1) is 0 Å². The quantitative estimate of drug-likeness (QED) is 0.777. The van der Waals surface area contributed by atoms with E-state index in [2.05, 4.69) is 67.7 Å². The molecule has 3 rings (SSSR count). The van der Waals surface area contributed by atoms with Crippen LogP contribution >= 0.6 is 0 Å². The van der Waals surface area contributed by atoms with Crippen LogP contribution in [0.4, 0.5) is 0 Å². The van der Waals surface area contributed by atoms with Crippen LogP contribution in [0.5, 0.6) is 0 Å². The zero-order valence-electron chi connectivity index (χ0n) is 12.7. The summed E-state index contributed by atoms with van der Waals surface area (Å²) < 4.78 is 0. The molecule has 21 heavy (non-hydrogen) atoms. The molecule has 0 aliphatic carbocycles. The van der Waals surface area contributed by atoms with Gasteiger partial charge in [-0.25, -0.2) is 0 Å². The van der Waals surface area contributed by atoms with Crippen molar-refractivity contribution in [2.45, 2.75) is 19.9 Å². The second-order valence-electron chi connectivity index (χ2n) is 5.51. The Bertz CT molecular complexity index is 760. The molecule has 3 aromatic rings. The van der Waals surface area contributed by atoms with Crippen LogP contribution in [0.1, 0.15) is 28.4 Å². The summed E-state index contributed by atoms with van der Waals surface area (Å²) in [5.74, 6) is 0. The van der Waals surface area contributed by atoms with Crippen molar-refractivity contribution >= 4 is 10.9 Å². The van der Waals surface area contributed by atoms with E-state index in [1.807, 2.05) is 13.1 Å². The molecule has 106 valence electrons. The number of nitrogens with one attached hydrogen (secondary N) is 1. The number of nitrogens with zero attached hydrogens (tertiary/aromatic N) is 1. The first-order chi connectivity index (χ1) is 10.2. The van der Waals surface area contributed by atoms with E-state index in [1.54, 1.807) is 0 Å². The molecule has 1 unspecified atom stereocenters. The molecule has 0 aliphatic rings. The molecule has 0 aliphatic heterocycles. The standard InChI is InChI=1S/C19H20N2/c1-13-8-10-15(11-9-13)19(20-3)18-12-14(2)16-6-4-5-7-17(16)21-18/h4-12,19-20H,1-3H3. The number of benzene rings is 2. The lowest BCUT2D eigenvalue weighted by atomic mass is 9.99. The Morgan fingerprint density at radius 2 is 1.67 bits per heavy atom. The Labute approximate surface area is 125 Å². The summed E-state index contributed by atoms with van der Waals surface area (Å²) in [4.78, 5) is 4.84. The number of para-hydroxylation sites is 1. The Morgan fingerprint density at radius 3 is 2.38 bits per heavy atom. The monoisotopic (exact) mass is 276 g/mol. The summed E-state index contributed by atoms with van der Waals surface area (Å²) in [5, 5.41) is 4.61. The molecule has 2 nitrogen and oxygen atoms in total. The lowest BCUT2D eigenvalue weighted by Crippen LogP contribution is -2.19. The van der Waals surface area contributed by atoms with Gasteiger partial charge in [0.05, 0.1) is 17.3 Å². The van der Waals surface area contributed by atoms with E-state index in [1.165, 1.54) is 22.1 Å². The summed E-state index contributed by atoms with van der Waals surface area (Å²) in [6, 6.07) is 19.2. The van der Waals surface area contributed by atoms with Gasteiger partial charge in [0.25, 0.3) is 0 Å². The molecule has 1 N–H and O–H groups in total. The minimum atomic E-state index is 0.119. The van der Waals surface area contributed by atoms with Gasteiger partial charge in [0, 0.05) is 5.39 Å². The third-order valence-electron chi connectivity index (χ3n) is 3.94. The lowest BCUT2D eigenvalue weighted by molar-refractivity contribution is 0.673. The molecule has 1 aromatic heterocycles. The van der Waals surface area contributed by atoms with Gasteiger partial charge in [0.1, 0.15) is 0 Å². The first-order valence-electron chi connectivity index (χ1n) is 7.29. The topological polar surface area (TPSA) is 24.9 Å². The molecule has 0 amide bonds. The van der Waals surface area contributed by atoms with Crippen molar-refractivity contribution in [3.8, 4) is 0 Å². The Balaban J connectivity index is 2.10. The molecule has 0 saturated heterocycles. The smallest absolute Gasteiger partial charge is 0.0749 e. The number of hydrogen-bond acceptors (Lipinski definition) is 2. The SMILES string of the molecule is CNC(c1ccc(C)cc1)c1cc(C)c2ccccc2n1. The zero-order chi connectivity index (χ0) is 14.8. The van der Waals surface area contributed by atoms with Crippen molar-refractivity contribution in [1.29, 1.82) is 0 Å². The minimum Gasteiger partial charge on any atom is -0.308 e. The minimum absolute atomic E-state index is 0.119.